The van der Waals surface area contributed by atoms with Crippen molar-refractivity contribution < 1.29 is 14.0 Å². The molecule has 2 aromatic carbocycles. The third kappa shape index (κ3) is 4.51. The number of benzene rings is 2. The van der Waals surface area contributed by atoms with Crippen molar-refractivity contribution in [3.8, 4) is 0 Å². The van der Waals surface area contributed by atoms with Crippen molar-refractivity contribution in [3.05, 3.63) is 117 Å². The molecular weight excluding hydrogens is 446 g/mol. The maximum atomic E-state index is 13.8. The Balaban J connectivity index is 1.51. The van der Waals surface area contributed by atoms with Crippen LogP contribution in [0.1, 0.15) is 68.1 Å². The summed E-state index contributed by atoms with van der Waals surface area (Å²) in [6.45, 7) is 8.21. The minimum absolute atomic E-state index is 0.00880. The molecule has 1 atom stereocenters. The number of hydrogen-bond donors (Lipinski definition) is 1. The second-order valence-electron chi connectivity index (χ2n) is 10.1. The van der Waals surface area contributed by atoms with E-state index in [0.717, 1.165) is 33.7 Å². The first-order valence-corrected chi connectivity index (χ1v) is 12.5. The minimum atomic E-state index is -0.520. The Bertz CT molecular complexity index is 1420. The third-order valence-corrected chi connectivity index (χ3v) is 7.10. The Morgan fingerprint density at radius 3 is 2.33 bits per heavy atom. The Morgan fingerprint density at radius 2 is 1.69 bits per heavy atom. The lowest BCUT2D eigenvalue weighted by Gasteiger charge is -2.27. The molecule has 5 rings (SSSR count). The lowest BCUT2D eigenvalue weighted by Crippen LogP contribution is -2.26. The molecule has 0 aliphatic heterocycles. The van der Waals surface area contributed by atoms with Gasteiger partial charge in [-0.25, -0.2) is 0 Å². The normalized spacial score (nSPS) is 18.9. The highest BCUT2D eigenvalue weighted by Crippen LogP contribution is 2.49. The molecule has 0 bridgehead atoms. The standard InChI is InChI=1S/C32H31NO3/c1-19(2)23-13-11-22(12-14-23)17-25-18-24-16-20(3)28(32(35)33-26-8-6-5-7-9-26)30(29(24)31(25)34)27-15-10-21(4)36-27/h5-15,17,19,30H,16,18H2,1-4H3,(H,33,35). The van der Waals surface area contributed by atoms with Gasteiger partial charge in [-0.2, -0.15) is 0 Å². The zero-order chi connectivity index (χ0) is 25.4. The van der Waals surface area contributed by atoms with E-state index in [1.807, 2.05) is 62.4 Å². The van der Waals surface area contributed by atoms with E-state index < -0.39 is 5.92 Å². The van der Waals surface area contributed by atoms with E-state index in [1.54, 1.807) is 0 Å². The Kier molecular flexibility index (Phi) is 6.36. The monoisotopic (exact) mass is 477 g/mol. The van der Waals surface area contributed by atoms with E-state index in [1.165, 1.54) is 5.56 Å². The van der Waals surface area contributed by atoms with Crippen LogP contribution in [-0.4, -0.2) is 11.7 Å². The van der Waals surface area contributed by atoms with Crippen LogP contribution < -0.4 is 5.32 Å². The average Bonchev–Trinajstić information content (AvgIpc) is 3.42. The summed E-state index contributed by atoms with van der Waals surface area (Å²) in [6.07, 6.45) is 3.20. The van der Waals surface area contributed by atoms with Crippen molar-refractivity contribution in [2.24, 2.45) is 0 Å². The number of furan rings is 1. The number of carbonyl (C=O) groups is 2. The molecule has 0 saturated carbocycles. The molecule has 1 unspecified atom stereocenters. The van der Waals surface area contributed by atoms with Crippen LogP contribution in [0.3, 0.4) is 0 Å². The number of hydrogen-bond acceptors (Lipinski definition) is 3. The predicted molar refractivity (Wildman–Crippen MR) is 144 cm³/mol. The largest absolute Gasteiger partial charge is 0.465 e. The van der Waals surface area contributed by atoms with Gasteiger partial charge in [-0.1, -0.05) is 67.5 Å². The summed E-state index contributed by atoms with van der Waals surface area (Å²) < 4.78 is 6.03. The summed E-state index contributed by atoms with van der Waals surface area (Å²) in [7, 11) is 0. The fraction of sp³-hybridized carbons (Fsp3) is 0.250. The molecule has 2 aliphatic carbocycles. The maximum absolute atomic E-state index is 13.8. The van der Waals surface area contributed by atoms with Gasteiger partial charge in [0.2, 0.25) is 0 Å². The van der Waals surface area contributed by atoms with Gasteiger partial charge in [0.05, 0.1) is 5.92 Å². The van der Waals surface area contributed by atoms with Crippen LogP contribution in [-0.2, 0) is 9.59 Å². The molecule has 1 N–H and O–H groups in total. The van der Waals surface area contributed by atoms with Gasteiger partial charge >= 0.3 is 0 Å². The van der Waals surface area contributed by atoms with Crippen LogP contribution in [0.15, 0.2) is 99.0 Å². The number of para-hydroxylation sites is 1. The number of nitrogens with one attached hydrogen (secondary N) is 1. The molecule has 36 heavy (non-hydrogen) atoms. The highest BCUT2D eigenvalue weighted by molar-refractivity contribution is 6.18. The molecular formula is C32H31NO3. The lowest BCUT2D eigenvalue weighted by atomic mass is 9.77. The lowest BCUT2D eigenvalue weighted by molar-refractivity contribution is -0.113. The minimum Gasteiger partial charge on any atom is -0.465 e. The van der Waals surface area contributed by atoms with Crippen molar-refractivity contribution in [1.82, 2.24) is 0 Å². The van der Waals surface area contributed by atoms with Crippen molar-refractivity contribution in [2.75, 3.05) is 5.32 Å². The zero-order valence-electron chi connectivity index (χ0n) is 21.2. The maximum Gasteiger partial charge on any atom is 0.252 e. The summed E-state index contributed by atoms with van der Waals surface area (Å²) in [4.78, 5) is 27.4. The Hall–Kier alpha value is -3.92. The molecule has 182 valence electrons. The number of ketones is 1. The molecule has 4 heteroatoms. The van der Waals surface area contributed by atoms with Gasteiger partial charge in [0.25, 0.3) is 5.91 Å². The van der Waals surface area contributed by atoms with E-state index in [0.29, 0.717) is 35.7 Å². The van der Waals surface area contributed by atoms with Gasteiger partial charge in [-0.15, -0.1) is 0 Å². The first-order chi connectivity index (χ1) is 17.3. The van der Waals surface area contributed by atoms with E-state index >= 15 is 0 Å². The predicted octanol–water partition coefficient (Wildman–Crippen LogP) is 7.51. The van der Waals surface area contributed by atoms with Gasteiger partial charge in [0.1, 0.15) is 11.5 Å². The van der Waals surface area contributed by atoms with Gasteiger partial charge < -0.3 is 9.73 Å². The highest BCUT2D eigenvalue weighted by Gasteiger charge is 2.42. The summed E-state index contributed by atoms with van der Waals surface area (Å²) in [5.41, 5.74) is 7.12. The van der Waals surface area contributed by atoms with Gasteiger partial charge in [0.15, 0.2) is 5.78 Å². The Morgan fingerprint density at radius 1 is 0.972 bits per heavy atom. The summed E-state index contributed by atoms with van der Waals surface area (Å²) in [5, 5.41) is 3.02. The molecule has 0 saturated heterocycles. The molecule has 3 aromatic rings. The number of aryl methyl sites for hydroxylation is 1. The van der Waals surface area contributed by atoms with E-state index in [4.69, 9.17) is 4.42 Å². The van der Waals surface area contributed by atoms with Crippen molar-refractivity contribution in [2.45, 2.75) is 52.4 Å². The zero-order valence-corrected chi connectivity index (χ0v) is 21.2. The van der Waals surface area contributed by atoms with Gasteiger partial charge in [0, 0.05) is 22.4 Å². The van der Waals surface area contributed by atoms with Crippen LogP contribution in [0.5, 0.6) is 0 Å². The Labute approximate surface area is 212 Å². The second kappa shape index (κ2) is 9.62. The molecule has 1 heterocycles. The highest BCUT2D eigenvalue weighted by atomic mass is 16.3. The number of carbonyl (C=O) groups excluding carboxylic acids is 2. The molecule has 4 nitrogen and oxygen atoms in total. The number of amides is 1. The summed E-state index contributed by atoms with van der Waals surface area (Å²) in [5.74, 6) is 1.14. The van der Waals surface area contributed by atoms with Crippen LogP contribution in [0.2, 0.25) is 0 Å². The van der Waals surface area contributed by atoms with Crippen LogP contribution in [0.25, 0.3) is 6.08 Å². The molecule has 0 spiro atoms. The molecule has 1 amide bonds. The van der Waals surface area contributed by atoms with Crippen molar-refractivity contribution in [1.29, 1.82) is 0 Å². The summed E-state index contributed by atoms with van der Waals surface area (Å²) in [6, 6.07) is 21.6. The fourth-order valence-corrected chi connectivity index (χ4v) is 5.27. The number of Topliss-reactive ketones (excluding diaryl/α,β-unsaturated/α-hetero) is 1. The van der Waals surface area contributed by atoms with Crippen molar-refractivity contribution >= 4 is 23.5 Å². The first-order valence-electron chi connectivity index (χ1n) is 12.5. The topological polar surface area (TPSA) is 59.3 Å². The van der Waals surface area contributed by atoms with Crippen LogP contribution >= 0.6 is 0 Å². The fourth-order valence-electron chi connectivity index (χ4n) is 5.27. The number of anilines is 1. The summed E-state index contributed by atoms with van der Waals surface area (Å²) >= 11 is 0. The van der Waals surface area contributed by atoms with Gasteiger partial charge in [-0.3, -0.25) is 9.59 Å². The van der Waals surface area contributed by atoms with Crippen LogP contribution in [0, 0.1) is 6.92 Å². The molecule has 2 aliphatic rings. The van der Waals surface area contributed by atoms with E-state index in [-0.39, 0.29) is 11.7 Å². The molecule has 1 aromatic heterocycles. The van der Waals surface area contributed by atoms with Crippen molar-refractivity contribution in [3.63, 3.8) is 0 Å². The first kappa shape index (κ1) is 23.8. The molecule has 0 fully saturated rings. The van der Waals surface area contributed by atoms with E-state index in [9.17, 15) is 9.59 Å². The second-order valence-corrected chi connectivity index (χ2v) is 10.1. The van der Waals surface area contributed by atoms with Gasteiger partial charge in [-0.05, 0) is 74.1 Å². The average molecular weight is 478 g/mol. The van der Waals surface area contributed by atoms with Crippen LogP contribution in [0.4, 0.5) is 5.69 Å². The number of allylic oxidation sites excluding steroid dienone is 4. The smallest absolute Gasteiger partial charge is 0.252 e. The molecule has 0 radical (unpaired) electrons. The SMILES string of the molecule is CC1=C(C(=O)Nc2ccccc2)C(c2ccc(C)o2)C2=C(CC(=Cc3ccc(C(C)C)cc3)C2=O)C1. The third-order valence-electron chi connectivity index (χ3n) is 7.10. The number of rotatable bonds is 5. The quantitative estimate of drug-likeness (QED) is 0.387. The van der Waals surface area contributed by atoms with E-state index in [2.05, 4.69) is 43.4 Å².